The normalized spacial score (nSPS) is 13.2. The molecule has 0 bridgehead atoms. The molecule has 6 atom stereocenters. The van der Waals surface area contributed by atoms with Crippen LogP contribution >= 0.6 is 23.4 Å². The number of unbranched alkanes of at least 4 members (excludes halogenated alkanes) is 7. The molecule has 0 aliphatic rings. The van der Waals surface area contributed by atoms with Crippen molar-refractivity contribution in [3.05, 3.63) is 101 Å². The van der Waals surface area contributed by atoms with E-state index in [-0.39, 0.29) is 101 Å². The van der Waals surface area contributed by atoms with E-state index in [1.54, 1.807) is 36.7 Å². The van der Waals surface area contributed by atoms with Crippen molar-refractivity contribution in [3.8, 4) is 0 Å². The lowest BCUT2D eigenvalue weighted by Crippen LogP contribution is -2.60. The molecule has 22 N–H and O–H groups in total. The predicted molar refractivity (Wildman–Crippen MR) is 344 cm³/mol. The number of H-pyrrole nitrogens is 2. The SMILES string of the molecule is CCCCCCCCCCC(=O)N[C@H](CCCN=C(N)N)C(=O)N[C@H](CCCN=C(N)N)C(=O)N[C@H](Cc1c[nH]c2ccccc12)C(=O)NC(CSc1ccc(Cl)cc1)C(=O)N[C@H](Cc1c[nH]c2ccccc12)C(=O)N[C@H](CCCN=C(N)N)C(N)=O. The number of nitrogens with two attached hydrogens (primary N) is 7. The van der Waals surface area contributed by atoms with Crippen molar-refractivity contribution in [2.75, 3.05) is 25.4 Å². The average molecular weight is 1240 g/mol. The molecule has 0 spiro atoms. The van der Waals surface area contributed by atoms with Crippen LogP contribution in [0.5, 0.6) is 0 Å². The lowest BCUT2D eigenvalue weighted by atomic mass is 10.0. The van der Waals surface area contributed by atoms with E-state index in [0.717, 1.165) is 53.9 Å². The summed E-state index contributed by atoms with van der Waals surface area (Å²) in [5.74, 6) is -5.49. The highest BCUT2D eigenvalue weighted by atomic mass is 35.5. The van der Waals surface area contributed by atoms with E-state index in [0.29, 0.717) is 33.9 Å². The van der Waals surface area contributed by atoms with E-state index < -0.39 is 71.7 Å². The highest BCUT2D eigenvalue weighted by molar-refractivity contribution is 7.99. The monoisotopic (exact) mass is 1240 g/mol. The average Bonchev–Trinajstić information content (AvgIpc) is 2.25. The number of halogens is 1. The lowest BCUT2D eigenvalue weighted by Gasteiger charge is -2.27. The summed E-state index contributed by atoms with van der Waals surface area (Å²) in [6, 6.07) is 13.9. The maximum Gasteiger partial charge on any atom is 0.244 e. The molecular formula is C60H87ClN18O7S. The summed E-state index contributed by atoms with van der Waals surface area (Å²) in [5, 5.41) is 19.0. The maximum absolute atomic E-state index is 15.2. The van der Waals surface area contributed by atoms with Crippen molar-refractivity contribution in [2.45, 2.75) is 157 Å². The number of rotatable bonds is 40. The lowest BCUT2D eigenvalue weighted by molar-refractivity contribution is -0.135. The van der Waals surface area contributed by atoms with Gasteiger partial charge in [-0.1, -0.05) is 99.9 Å². The number of nitrogens with zero attached hydrogens (tertiary/aromatic N) is 3. The fourth-order valence-corrected chi connectivity index (χ4v) is 10.8. The van der Waals surface area contributed by atoms with Crippen LogP contribution in [-0.4, -0.2) is 131 Å². The molecule has 0 saturated carbocycles. The van der Waals surface area contributed by atoms with Crippen LogP contribution in [0.3, 0.4) is 0 Å². The molecule has 0 aliphatic carbocycles. The first-order chi connectivity index (χ1) is 41.8. The van der Waals surface area contributed by atoms with Crippen molar-refractivity contribution in [3.63, 3.8) is 0 Å². The molecule has 87 heavy (non-hydrogen) atoms. The van der Waals surface area contributed by atoms with Crippen LogP contribution in [0.15, 0.2) is 105 Å². The van der Waals surface area contributed by atoms with Gasteiger partial charge in [0.25, 0.3) is 0 Å². The van der Waals surface area contributed by atoms with Crippen molar-refractivity contribution >= 4 is 104 Å². The molecular weight excluding hydrogens is 1150 g/mol. The number of benzene rings is 3. The minimum absolute atomic E-state index is 0.0157. The zero-order valence-electron chi connectivity index (χ0n) is 49.4. The van der Waals surface area contributed by atoms with Gasteiger partial charge < -0.3 is 82.0 Å². The topological polar surface area (TPSA) is 442 Å². The van der Waals surface area contributed by atoms with E-state index in [1.165, 1.54) is 24.6 Å². The summed E-state index contributed by atoms with van der Waals surface area (Å²) in [5.41, 5.74) is 42.0. The van der Waals surface area contributed by atoms with Crippen LogP contribution < -0.4 is 72.0 Å². The number of para-hydroxylation sites is 2. The van der Waals surface area contributed by atoms with Gasteiger partial charge >= 0.3 is 0 Å². The Balaban J connectivity index is 1.47. The van der Waals surface area contributed by atoms with Crippen molar-refractivity contribution in [1.82, 2.24) is 41.9 Å². The van der Waals surface area contributed by atoms with E-state index in [4.69, 9.17) is 51.7 Å². The Kier molecular flexibility index (Phi) is 29.6. The van der Waals surface area contributed by atoms with Crippen molar-refractivity contribution in [1.29, 1.82) is 0 Å². The molecule has 3 aromatic carbocycles. The van der Waals surface area contributed by atoms with Gasteiger partial charge in [-0.2, -0.15) is 0 Å². The molecule has 27 heteroatoms. The van der Waals surface area contributed by atoms with Crippen LogP contribution in [-0.2, 0) is 46.4 Å². The molecule has 0 radical (unpaired) electrons. The second-order valence-electron chi connectivity index (χ2n) is 21.3. The van der Waals surface area contributed by atoms with Gasteiger partial charge in [-0.05, 0) is 92.5 Å². The van der Waals surface area contributed by atoms with Crippen molar-refractivity contribution < 1.29 is 33.6 Å². The second kappa shape index (κ2) is 37.1. The largest absolute Gasteiger partial charge is 0.370 e. The van der Waals surface area contributed by atoms with Gasteiger partial charge in [0.05, 0.1) is 0 Å². The molecule has 5 aromatic rings. The molecule has 0 saturated heterocycles. The first kappa shape index (κ1) is 69.3. The molecule has 1 unspecified atom stereocenters. The fraction of sp³-hybridized carbons (Fsp3) is 0.467. The smallest absolute Gasteiger partial charge is 0.244 e. The fourth-order valence-electron chi connectivity index (χ4n) is 9.73. The van der Waals surface area contributed by atoms with Gasteiger partial charge in [-0.3, -0.25) is 48.5 Å². The minimum Gasteiger partial charge on any atom is -0.370 e. The summed E-state index contributed by atoms with van der Waals surface area (Å²) >= 11 is 7.45. The van der Waals surface area contributed by atoms with Crippen LogP contribution in [0.1, 0.15) is 114 Å². The molecule has 2 heterocycles. The Hall–Kier alpha value is -8.52. The zero-order chi connectivity index (χ0) is 63.1. The van der Waals surface area contributed by atoms with Crippen LogP contribution in [0.4, 0.5) is 0 Å². The van der Waals surface area contributed by atoms with Gasteiger partial charge in [0.15, 0.2) is 17.9 Å². The standard InChI is InChI=1S/C60H87ClN18O7S/c1-2-3-4-5-6-7-8-9-24-51(80)74-46(22-15-30-70-59(65)66)53(82)76-47(23-16-31-71-60(67)68)54(83)77-49(33-38-35-73-44-20-13-11-18-42(38)44)56(85)79-50(36-87-40-27-25-39(61)26-28-40)57(86)78-48(32-37-34-72-43-19-12-10-17-41(37)43)55(84)75-45(52(62)81)21-14-29-69-58(63)64/h10-13,17-20,25-28,34-35,45-50,72-73H,2-9,14-16,21-24,29-33,36H2,1H3,(H2,62,81)(H,74,80)(H,75,84)(H,76,82)(H,77,83)(H,78,86)(H,79,85)(H4,63,64,69)(H4,65,66,70)(H4,67,68,71)/t45-,46-,47-,48-,49-,50?/m1/s1. The number of hydrogen-bond donors (Lipinski definition) is 15. The number of amides is 7. The van der Waals surface area contributed by atoms with E-state index in [2.05, 4.69) is 63.8 Å². The van der Waals surface area contributed by atoms with Crippen LogP contribution in [0, 0.1) is 0 Å². The van der Waals surface area contributed by atoms with E-state index >= 15 is 9.59 Å². The summed E-state index contributed by atoms with van der Waals surface area (Å²) in [6.45, 7) is 2.58. The number of carbonyl (C=O) groups excluding carboxylic acids is 7. The van der Waals surface area contributed by atoms with Crippen LogP contribution in [0.2, 0.25) is 5.02 Å². The summed E-state index contributed by atoms with van der Waals surface area (Å²) in [4.78, 5) is 119. The third-order valence-corrected chi connectivity index (χ3v) is 15.7. The molecule has 472 valence electrons. The number of primary amides is 1. The number of guanidine groups is 3. The Morgan fingerprint density at radius 2 is 0.862 bits per heavy atom. The summed E-state index contributed by atoms with van der Waals surface area (Å²) in [7, 11) is 0. The highest BCUT2D eigenvalue weighted by Gasteiger charge is 2.34. The number of fused-ring (bicyclic) bond motifs is 2. The van der Waals surface area contributed by atoms with Crippen LogP contribution in [0.25, 0.3) is 21.8 Å². The number of aromatic amines is 2. The summed E-state index contributed by atoms with van der Waals surface area (Å²) < 4.78 is 0. The minimum atomic E-state index is -1.41. The van der Waals surface area contributed by atoms with Gasteiger partial charge in [-0.25, -0.2) is 0 Å². The molecule has 0 aliphatic heterocycles. The van der Waals surface area contributed by atoms with E-state index in [1.807, 2.05) is 48.5 Å². The highest BCUT2D eigenvalue weighted by Crippen LogP contribution is 2.24. The zero-order valence-corrected chi connectivity index (χ0v) is 51.0. The van der Waals surface area contributed by atoms with Gasteiger partial charge in [0.2, 0.25) is 41.4 Å². The predicted octanol–water partition coefficient (Wildman–Crippen LogP) is 2.97. The third-order valence-electron chi connectivity index (χ3n) is 14.4. The Morgan fingerprint density at radius 1 is 0.471 bits per heavy atom. The number of aliphatic imine (C=N–C) groups is 3. The van der Waals surface area contributed by atoms with Crippen molar-refractivity contribution in [2.24, 2.45) is 55.1 Å². The molecule has 0 fully saturated rings. The van der Waals surface area contributed by atoms with E-state index in [9.17, 15) is 24.0 Å². The summed E-state index contributed by atoms with van der Waals surface area (Å²) in [6.07, 6.45) is 12.6. The number of thioether (sulfide) groups is 1. The number of hydrogen-bond acceptors (Lipinski definition) is 11. The van der Waals surface area contributed by atoms with Gasteiger partial charge in [0, 0.05) is 88.8 Å². The Labute approximate surface area is 516 Å². The third kappa shape index (κ3) is 24.8. The number of aromatic nitrogens is 2. The quantitative estimate of drug-likeness (QED) is 0.0116. The van der Waals surface area contributed by atoms with Gasteiger partial charge in [0.1, 0.15) is 36.3 Å². The second-order valence-corrected chi connectivity index (χ2v) is 22.8. The first-order valence-electron chi connectivity index (χ1n) is 29.6. The molecule has 25 nitrogen and oxygen atoms in total. The number of carbonyl (C=O) groups is 7. The van der Waals surface area contributed by atoms with Gasteiger partial charge in [-0.15, -0.1) is 11.8 Å². The number of nitrogens with one attached hydrogen (secondary N) is 8. The maximum atomic E-state index is 15.2. The Morgan fingerprint density at radius 3 is 1.33 bits per heavy atom. The molecule has 2 aromatic heterocycles. The molecule has 7 amide bonds. The Bertz CT molecular complexity index is 3120. The molecule has 5 rings (SSSR count). The first-order valence-corrected chi connectivity index (χ1v) is 30.9.